The van der Waals surface area contributed by atoms with Gasteiger partial charge in [-0.05, 0) is 32.3 Å². The van der Waals surface area contributed by atoms with Crippen molar-refractivity contribution in [2.75, 3.05) is 0 Å². The molecule has 5 atom stereocenters. The molecule has 3 rings (SSSR count). The van der Waals surface area contributed by atoms with Crippen molar-refractivity contribution >= 4 is 11.8 Å². The molecule has 0 spiro atoms. The van der Waals surface area contributed by atoms with Gasteiger partial charge in [-0.1, -0.05) is 12.5 Å². The number of allylic oxidation sites excluding steroid dienone is 1. The van der Waals surface area contributed by atoms with Crippen molar-refractivity contribution in [3.63, 3.8) is 0 Å². The molecule has 1 N–H and O–H groups in total. The van der Waals surface area contributed by atoms with Gasteiger partial charge in [0.05, 0.1) is 17.4 Å². The highest BCUT2D eigenvalue weighted by Gasteiger charge is 2.59. The van der Waals surface area contributed by atoms with Crippen LogP contribution in [0.5, 0.6) is 0 Å². The number of ketones is 1. The molecule has 0 unspecified atom stereocenters. The lowest BCUT2D eigenvalue weighted by atomic mass is 9.58. The SMILES string of the molecule is CC1=C2[C@@H]3OC(=O)[C@@H](C)[C@@H]3[C@@H](O)C[C@@]2(C)C(=O)CC1. The van der Waals surface area contributed by atoms with Crippen LogP contribution in [-0.2, 0) is 14.3 Å². The van der Waals surface area contributed by atoms with Gasteiger partial charge in [0, 0.05) is 12.3 Å². The van der Waals surface area contributed by atoms with E-state index in [2.05, 4.69) is 0 Å². The van der Waals surface area contributed by atoms with Gasteiger partial charge in [0.15, 0.2) is 0 Å². The number of aliphatic hydroxyl groups is 1. The zero-order chi connectivity index (χ0) is 13.9. The highest BCUT2D eigenvalue weighted by atomic mass is 16.6. The van der Waals surface area contributed by atoms with E-state index in [1.54, 1.807) is 6.92 Å². The lowest BCUT2D eigenvalue weighted by Crippen LogP contribution is -2.51. The minimum absolute atomic E-state index is 0.168. The molecule has 4 heteroatoms. The molecule has 1 saturated carbocycles. The quantitative estimate of drug-likeness (QED) is 0.533. The topological polar surface area (TPSA) is 63.6 Å². The fourth-order valence-corrected chi connectivity index (χ4v) is 4.18. The predicted molar refractivity (Wildman–Crippen MR) is 68.2 cm³/mol. The molecule has 0 aromatic rings. The summed E-state index contributed by atoms with van der Waals surface area (Å²) in [5, 5.41) is 10.4. The van der Waals surface area contributed by atoms with Crippen molar-refractivity contribution in [3.8, 4) is 0 Å². The van der Waals surface area contributed by atoms with Gasteiger partial charge < -0.3 is 9.84 Å². The fourth-order valence-electron chi connectivity index (χ4n) is 4.18. The van der Waals surface area contributed by atoms with Crippen molar-refractivity contribution in [1.82, 2.24) is 0 Å². The Kier molecular flexibility index (Phi) is 2.65. The number of carbonyl (C=O) groups is 2. The van der Waals surface area contributed by atoms with Crippen LogP contribution in [-0.4, -0.2) is 29.1 Å². The molecular weight excluding hydrogens is 244 g/mol. The molecule has 1 heterocycles. The van der Waals surface area contributed by atoms with Gasteiger partial charge in [-0.15, -0.1) is 0 Å². The lowest BCUT2D eigenvalue weighted by molar-refractivity contribution is -0.145. The number of Topliss-reactive ketones (excluding diaryl/α,β-unsaturated/α-hetero) is 1. The number of aliphatic hydroxyl groups excluding tert-OH is 1. The van der Waals surface area contributed by atoms with Crippen LogP contribution in [0.25, 0.3) is 0 Å². The third-order valence-electron chi connectivity index (χ3n) is 5.28. The smallest absolute Gasteiger partial charge is 0.309 e. The van der Waals surface area contributed by atoms with E-state index in [1.807, 2.05) is 13.8 Å². The number of hydrogen-bond donors (Lipinski definition) is 1. The number of carbonyl (C=O) groups excluding carboxylic acids is 2. The first kappa shape index (κ1) is 12.9. The van der Waals surface area contributed by atoms with E-state index < -0.39 is 17.6 Å². The second-order valence-corrected chi connectivity index (χ2v) is 6.44. The molecule has 0 bridgehead atoms. The molecule has 4 nitrogen and oxygen atoms in total. The Morgan fingerprint density at radius 1 is 1.32 bits per heavy atom. The molecule has 0 aromatic heterocycles. The van der Waals surface area contributed by atoms with Crippen LogP contribution in [0.15, 0.2) is 11.1 Å². The Bertz CT molecular complexity index is 492. The van der Waals surface area contributed by atoms with Gasteiger partial charge in [-0.25, -0.2) is 0 Å². The number of fused-ring (bicyclic) bond motifs is 3. The third-order valence-corrected chi connectivity index (χ3v) is 5.28. The van der Waals surface area contributed by atoms with Gasteiger partial charge >= 0.3 is 5.97 Å². The molecule has 1 aliphatic heterocycles. The molecule has 0 amide bonds. The summed E-state index contributed by atoms with van der Waals surface area (Å²) in [6.45, 7) is 5.72. The maximum Gasteiger partial charge on any atom is 0.309 e. The Balaban J connectivity index is 2.12. The summed E-state index contributed by atoms with van der Waals surface area (Å²) in [7, 11) is 0. The Morgan fingerprint density at radius 2 is 2.00 bits per heavy atom. The van der Waals surface area contributed by atoms with Gasteiger partial charge in [-0.2, -0.15) is 0 Å². The zero-order valence-corrected chi connectivity index (χ0v) is 11.6. The van der Waals surface area contributed by atoms with E-state index in [9.17, 15) is 14.7 Å². The summed E-state index contributed by atoms with van der Waals surface area (Å²) in [4.78, 5) is 24.1. The number of esters is 1. The van der Waals surface area contributed by atoms with E-state index in [0.29, 0.717) is 12.8 Å². The largest absolute Gasteiger partial charge is 0.457 e. The van der Waals surface area contributed by atoms with E-state index in [0.717, 1.165) is 17.6 Å². The maximum atomic E-state index is 12.3. The first-order chi connectivity index (χ1) is 8.86. The van der Waals surface area contributed by atoms with Crippen LogP contribution >= 0.6 is 0 Å². The van der Waals surface area contributed by atoms with Crippen LogP contribution in [0.4, 0.5) is 0 Å². The maximum absolute atomic E-state index is 12.3. The Hall–Kier alpha value is -1.16. The van der Waals surface area contributed by atoms with Gasteiger partial charge in [-0.3, -0.25) is 9.59 Å². The molecule has 1 saturated heterocycles. The van der Waals surface area contributed by atoms with Crippen LogP contribution in [0.3, 0.4) is 0 Å². The standard InChI is InChI=1S/C15H20O4/c1-7-4-5-10(17)15(3)6-9(16)11-8(2)14(18)19-13(11)12(7)15/h8-9,11,13,16H,4-6H2,1-3H3/t8-,9-,11+,13+,15-/m0/s1. The molecule has 0 radical (unpaired) electrons. The Morgan fingerprint density at radius 3 is 2.68 bits per heavy atom. The van der Waals surface area contributed by atoms with E-state index in [4.69, 9.17) is 4.74 Å². The monoisotopic (exact) mass is 264 g/mol. The van der Waals surface area contributed by atoms with Crippen molar-refractivity contribution in [2.24, 2.45) is 17.3 Å². The lowest BCUT2D eigenvalue weighted by Gasteiger charge is -2.46. The molecule has 104 valence electrons. The van der Waals surface area contributed by atoms with Crippen LogP contribution in [0, 0.1) is 17.3 Å². The molecule has 3 aliphatic rings. The highest BCUT2D eigenvalue weighted by Crippen LogP contribution is 2.54. The van der Waals surface area contributed by atoms with Crippen LogP contribution in [0.2, 0.25) is 0 Å². The number of ether oxygens (including phenoxy) is 1. The van der Waals surface area contributed by atoms with E-state index in [1.165, 1.54) is 0 Å². The van der Waals surface area contributed by atoms with Crippen molar-refractivity contribution < 1.29 is 19.4 Å². The van der Waals surface area contributed by atoms with Crippen molar-refractivity contribution in [3.05, 3.63) is 11.1 Å². The molecule has 19 heavy (non-hydrogen) atoms. The second-order valence-electron chi connectivity index (χ2n) is 6.44. The summed E-state index contributed by atoms with van der Waals surface area (Å²) in [5.41, 5.74) is 1.48. The molecular formula is C15H20O4. The van der Waals surface area contributed by atoms with Crippen molar-refractivity contribution in [2.45, 2.75) is 52.2 Å². The van der Waals surface area contributed by atoms with Gasteiger partial charge in [0.25, 0.3) is 0 Å². The molecule has 2 aliphatic carbocycles. The fraction of sp³-hybridized carbons (Fsp3) is 0.733. The van der Waals surface area contributed by atoms with E-state index >= 15 is 0 Å². The summed E-state index contributed by atoms with van der Waals surface area (Å²) in [6.07, 6.45) is 0.644. The second kappa shape index (κ2) is 3.92. The van der Waals surface area contributed by atoms with Gasteiger partial charge in [0.2, 0.25) is 0 Å². The zero-order valence-electron chi connectivity index (χ0n) is 11.6. The first-order valence-electron chi connectivity index (χ1n) is 6.98. The molecule has 0 aromatic carbocycles. The number of rotatable bonds is 0. The highest BCUT2D eigenvalue weighted by molar-refractivity contribution is 5.90. The van der Waals surface area contributed by atoms with Crippen molar-refractivity contribution in [1.29, 1.82) is 0 Å². The predicted octanol–water partition coefficient (Wildman–Crippen LogP) is 1.61. The van der Waals surface area contributed by atoms with E-state index in [-0.39, 0.29) is 23.6 Å². The summed E-state index contributed by atoms with van der Waals surface area (Å²) in [6, 6.07) is 0. The first-order valence-corrected chi connectivity index (χ1v) is 6.98. The summed E-state index contributed by atoms with van der Waals surface area (Å²) >= 11 is 0. The minimum Gasteiger partial charge on any atom is -0.457 e. The summed E-state index contributed by atoms with van der Waals surface area (Å²) < 4.78 is 5.49. The molecule has 2 fully saturated rings. The van der Waals surface area contributed by atoms with Crippen LogP contribution < -0.4 is 0 Å². The normalized spacial score (nSPS) is 45.9. The minimum atomic E-state index is -0.646. The summed E-state index contributed by atoms with van der Waals surface area (Å²) in [5.74, 6) is -0.573. The third kappa shape index (κ3) is 1.55. The van der Waals surface area contributed by atoms with Gasteiger partial charge in [0.1, 0.15) is 11.9 Å². The number of hydrogen-bond acceptors (Lipinski definition) is 4. The average molecular weight is 264 g/mol. The Labute approximate surface area is 112 Å². The average Bonchev–Trinajstić information content (AvgIpc) is 2.61. The van der Waals surface area contributed by atoms with Crippen LogP contribution in [0.1, 0.15) is 40.0 Å².